The number of carbonyl (C=O) groups is 1. The van der Waals surface area contributed by atoms with Gasteiger partial charge in [-0.1, -0.05) is 48.1 Å². The van der Waals surface area contributed by atoms with E-state index in [0.717, 1.165) is 29.7 Å². The quantitative estimate of drug-likeness (QED) is 0.902. The van der Waals surface area contributed by atoms with Crippen molar-refractivity contribution in [1.82, 2.24) is 9.88 Å². The number of urea groups is 1. The largest absolute Gasteiger partial charge is 0.393 e. The van der Waals surface area contributed by atoms with E-state index in [1.54, 1.807) is 18.1 Å². The van der Waals surface area contributed by atoms with Crippen LogP contribution in [0, 0.1) is 5.92 Å². The van der Waals surface area contributed by atoms with E-state index in [1.807, 2.05) is 30.3 Å². The molecular formula is C17H21N3O2S. The van der Waals surface area contributed by atoms with Gasteiger partial charge < -0.3 is 10.0 Å². The van der Waals surface area contributed by atoms with Gasteiger partial charge >= 0.3 is 6.03 Å². The van der Waals surface area contributed by atoms with E-state index in [0.29, 0.717) is 11.7 Å². The Balaban J connectivity index is 1.58. The van der Waals surface area contributed by atoms with Crippen molar-refractivity contribution in [2.24, 2.45) is 5.92 Å². The predicted molar refractivity (Wildman–Crippen MR) is 92.5 cm³/mol. The van der Waals surface area contributed by atoms with Crippen LogP contribution in [0.15, 0.2) is 36.5 Å². The van der Waals surface area contributed by atoms with E-state index in [-0.39, 0.29) is 18.1 Å². The van der Waals surface area contributed by atoms with Crippen LogP contribution >= 0.6 is 11.3 Å². The summed E-state index contributed by atoms with van der Waals surface area (Å²) in [5.41, 5.74) is 1.09. The number of carbonyl (C=O) groups excluding carboxylic acids is 1. The van der Waals surface area contributed by atoms with Gasteiger partial charge in [-0.05, 0) is 18.4 Å². The second kappa shape index (κ2) is 7.10. The Morgan fingerprint density at radius 2 is 2.17 bits per heavy atom. The summed E-state index contributed by atoms with van der Waals surface area (Å²) in [5.74, 6) is 0.182. The van der Waals surface area contributed by atoms with Crippen molar-refractivity contribution in [3.8, 4) is 10.4 Å². The third-order valence-electron chi connectivity index (χ3n) is 4.25. The summed E-state index contributed by atoms with van der Waals surface area (Å²) in [6, 6.07) is 9.79. The van der Waals surface area contributed by atoms with Crippen molar-refractivity contribution in [3.63, 3.8) is 0 Å². The minimum absolute atomic E-state index is 0.182. The molecule has 0 radical (unpaired) electrons. The van der Waals surface area contributed by atoms with E-state index in [9.17, 15) is 9.90 Å². The summed E-state index contributed by atoms with van der Waals surface area (Å²) < 4.78 is 0. The molecule has 122 valence electrons. The lowest BCUT2D eigenvalue weighted by atomic mass is 10.1. The van der Waals surface area contributed by atoms with Crippen molar-refractivity contribution >= 4 is 22.5 Å². The Morgan fingerprint density at radius 1 is 1.39 bits per heavy atom. The molecule has 0 saturated heterocycles. The first-order chi connectivity index (χ1) is 11.1. The number of nitrogens with zero attached hydrogens (tertiary/aromatic N) is 2. The molecule has 1 heterocycles. The standard InChI is InChI=1S/C17H21N3O2S/c1-20(11-13-8-5-9-14(13)21)17(22)19-16-18-10-15(23-16)12-6-3-2-4-7-12/h2-4,6-7,10,13-14,21H,5,8-9,11H2,1H3,(H,18,19,22). The fourth-order valence-corrected chi connectivity index (χ4v) is 3.73. The highest BCUT2D eigenvalue weighted by atomic mass is 32.1. The highest BCUT2D eigenvalue weighted by Crippen LogP contribution is 2.29. The topological polar surface area (TPSA) is 65.5 Å². The molecule has 2 N–H and O–H groups in total. The van der Waals surface area contributed by atoms with E-state index >= 15 is 0 Å². The Hall–Kier alpha value is -1.92. The van der Waals surface area contributed by atoms with Gasteiger partial charge in [-0.15, -0.1) is 0 Å². The highest BCUT2D eigenvalue weighted by Gasteiger charge is 2.27. The highest BCUT2D eigenvalue weighted by molar-refractivity contribution is 7.19. The number of anilines is 1. The molecule has 2 atom stereocenters. The molecule has 1 aromatic carbocycles. The lowest BCUT2D eigenvalue weighted by molar-refractivity contribution is 0.116. The molecule has 1 fully saturated rings. The fourth-order valence-electron chi connectivity index (χ4n) is 2.92. The third kappa shape index (κ3) is 3.89. The van der Waals surface area contributed by atoms with Gasteiger partial charge in [0.1, 0.15) is 0 Å². The number of amides is 2. The van der Waals surface area contributed by atoms with Gasteiger partial charge in [0.15, 0.2) is 5.13 Å². The van der Waals surface area contributed by atoms with Crippen molar-refractivity contribution in [2.75, 3.05) is 18.9 Å². The van der Waals surface area contributed by atoms with Gasteiger partial charge in [0.2, 0.25) is 0 Å². The molecule has 2 unspecified atom stereocenters. The van der Waals surface area contributed by atoms with Crippen LogP contribution in [0.5, 0.6) is 0 Å². The number of thiazole rings is 1. The molecule has 1 aromatic heterocycles. The zero-order valence-corrected chi connectivity index (χ0v) is 13.9. The Labute approximate surface area is 140 Å². The number of nitrogens with one attached hydrogen (secondary N) is 1. The van der Waals surface area contributed by atoms with Crippen molar-refractivity contribution < 1.29 is 9.90 Å². The molecule has 0 spiro atoms. The summed E-state index contributed by atoms with van der Waals surface area (Å²) in [6.45, 7) is 0.573. The molecule has 0 aliphatic heterocycles. The first-order valence-electron chi connectivity index (χ1n) is 7.85. The van der Waals surface area contributed by atoms with E-state index < -0.39 is 0 Å². The zero-order chi connectivity index (χ0) is 16.2. The lowest BCUT2D eigenvalue weighted by Gasteiger charge is -2.23. The Bertz CT molecular complexity index is 659. The van der Waals surface area contributed by atoms with Crippen LogP contribution in [0.4, 0.5) is 9.93 Å². The van der Waals surface area contributed by atoms with Gasteiger partial charge in [-0.25, -0.2) is 9.78 Å². The molecule has 6 heteroatoms. The summed E-state index contributed by atoms with van der Waals surface area (Å²) in [6.07, 6.45) is 4.35. The van der Waals surface area contributed by atoms with Crippen LogP contribution in [0.25, 0.3) is 10.4 Å². The predicted octanol–water partition coefficient (Wildman–Crippen LogP) is 3.43. The first-order valence-corrected chi connectivity index (χ1v) is 8.66. The number of benzene rings is 1. The van der Waals surface area contributed by atoms with Gasteiger partial charge in [0, 0.05) is 25.7 Å². The lowest BCUT2D eigenvalue weighted by Crippen LogP contribution is -2.37. The second-order valence-corrected chi connectivity index (χ2v) is 7.00. The molecule has 5 nitrogen and oxygen atoms in total. The molecular weight excluding hydrogens is 310 g/mol. The molecule has 3 rings (SSSR count). The molecule has 2 aromatic rings. The van der Waals surface area contributed by atoms with Gasteiger partial charge in [-0.3, -0.25) is 5.32 Å². The minimum Gasteiger partial charge on any atom is -0.393 e. The minimum atomic E-state index is -0.283. The molecule has 1 aliphatic rings. The van der Waals surface area contributed by atoms with Gasteiger partial charge in [0.25, 0.3) is 0 Å². The number of rotatable bonds is 4. The van der Waals surface area contributed by atoms with E-state index in [2.05, 4.69) is 10.3 Å². The Morgan fingerprint density at radius 3 is 2.87 bits per heavy atom. The van der Waals surface area contributed by atoms with Gasteiger partial charge in [0.05, 0.1) is 11.0 Å². The van der Waals surface area contributed by atoms with Crippen LogP contribution in [-0.4, -0.2) is 40.7 Å². The fraction of sp³-hybridized carbons (Fsp3) is 0.412. The summed E-state index contributed by atoms with van der Waals surface area (Å²) in [4.78, 5) is 19.2. The van der Waals surface area contributed by atoms with Crippen LogP contribution in [-0.2, 0) is 0 Å². The summed E-state index contributed by atoms with van der Waals surface area (Å²) in [5, 5.41) is 13.3. The van der Waals surface area contributed by atoms with Crippen LogP contribution < -0.4 is 5.32 Å². The van der Waals surface area contributed by atoms with Crippen LogP contribution in [0.3, 0.4) is 0 Å². The molecule has 0 bridgehead atoms. The van der Waals surface area contributed by atoms with E-state index in [4.69, 9.17) is 0 Å². The Kier molecular flexibility index (Phi) is 4.93. The molecule has 23 heavy (non-hydrogen) atoms. The number of aromatic nitrogens is 1. The van der Waals surface area contributed by atoms with Crippen LogP contribution in [0.2, 0.25) is 0 Å². The maximum atomic E-state index is 12.3. The molecule has 1 aliphatic carbocycles. The second-order valence-electron chi connectivity index (χ2n) is 5.96. The number of hydrogen-bond donors (Lipinski definition) is 2. The van der Waals surface area contributed by atoms with Crippen molar-refractivity contribution in [1.29, 1.82) is 0 Å². The summed E-state index contributed by atoms with van der Waals surface area (Å²) >= 11 is 1.46. The monoisotopic (exact) mass is 331 g/mol. The average molecular weight is 331 g/mol. The zero-order valence-electron chi connectivity index (χ0n) is 13.1. The van der Waals surface area contributed by atoms with Crippen LogP contribution in [0.1, 0.15) is 19.3 Å². The number of aliphatic hydroxyl groups excluding tert-OH is 1. The number of aliphatic hydroxyl groups is 1. The van der Waals surface area contributed by atoms with Gasteiger partial charge in [-0.2, -0.15) is 0 Å². The maximum absolute atomic E-state index is 12.3. The normalized spacial score (nSPS) is 20.4. The molecule has 1 saturated carbocycles. The molecule has 2 amide bonds. The van der Waals surface area contributed by atoms with Crippen molar-refractivity contribution in [3.05, 3.63) is 36.5 Å². The van der Waals surface area contributed by atoms with E-state index in [1.165, 1.54) is 11.3 Å². The first kappa shape index (κ1) is 16.0. The average Bonchev–Trinajstić information content (AvgIpc) is 3.18. The summed E-state index contributed by atoms with van der Waals surface area (Å²) in [7, 11) is 1.76. The number of hydrogen-bond acceptors (Lipinski definition) is 4. The third-order valence-corrected chi connectivity index (χ3v) is 5.21. The van der Waals surface area contributed by atoms with Crippen molar-refractivity contribution in [2.45, 2.75) is 25.4 Å². The smallest absolute Gasteiger partial charge is 0.323 e. The SMILES string of the molecule is CN(CC1CCCC1O)C(=O)Nc1ncc(-c2ccccc2)s1. The maximum Gasteiger partial charge on any atom is 0.323 e.